The van der Waals surface area contributed by atoms with Crippen LogP contribution < -0.4 is 10.6 Å². The summed E-state index contributed by atoms with van der Waals surface area (Å²) in [6.45, 7) is 1.90. The van der Waals surface area contributed by atoms with Crippen LogP contribution in [0.2, 0.25) is 0 Å². The van der Waals surface area contributed by atoms with E-state index in [2.05, 4.69) is 10.6 Å². The lowest BCUT2D eigenvalue weighted by Crippen LogP contribution is -2.59. The maximum Gasteiger partial charge on any atom is 0.0607 e. The summed E-state index contributed by atoms with van der Waals surface area (Å²) in [5.41, 5.74) is 0. The zero-order chi connectivity index (χ0) is 7.40. The fourth-order valence-corrected chi connectivity index (χ4v) is 0.903. The van der Waals surface area contributed by atoms with Crippen molar-refractivity contribution < 1.29 is 10.2 Å². The molecule has 0 aliphatic carbocycles. The molecule has 0 unspecified atom stereocenters. The number of aliphatic hydroxyl groups excluding tert-OH is 2. The zero-order valence-corrected chi connectivity index (χ0v) is 5.88. The van der Waals surface area contributed by atoms with E-state index in [1.165, 1.54) is 0 Å². The zero-order valence-electron chi connectivity index (χ0n) is 5.88. The lowest BCUT2D eigenvalue weighted by atomic mass is 10.1. The van der Waals surface area contributed by atoms with Gasteiger partial charge in [0.15, 0.2) is 0 Å². The van der Waals surface area contributed by atoms with Crippen LogP contribution in [0.3, 0.4) is 0 Å². The molecule has 0 aromatic rings. The van der Waals surface area contributed by atoms with Crippen LogP contribution in [0.25, 0.3) is 0 Å². The van der Waals surface area contributed by atoms with Gasteiger partial charge in [0.05, 0.1) is 19.3 Å². The number of rotatable bonds is 4. The van der Waals surface area contributed by atoms with E-state index in [9.17, 15) is 0 Å². The molecular formula is C6H14N2O2. The summed E-state index contributed by atoms with van der Waals surface area (Å²) in [7, 11) is 0. The van der Waals surface area contributed by atoms with Gasteiger partial charge in [-0.1, -0.05) is 0 Å². The lowest BCUT2D eigenvalue weighted by Gasteiger charge is -2.31. The van der Waals surface area contributed by atoms with Gasteiger partial charge in [0, 0.05) is 19.1 Å². The molecule has 0 aromatic carbocycles. The maximum atomic E-state index is 8.65. The molecule has 1 aliphatic heterocycles. The molecular weight excluding hydrogens is 132 g/mol. The second-order valence-corrected chi connectivity index (χ2v) is 2.58. The first-order valence-corrected chi connectivity index (χ1v) is 3.55. The molecule has 1 rings (SSSR count). The summed E-state index contributed by atoms with van der Waals surface area (Å²) in [6.07, 6.45) is 0. The number of aliphatic hydroxyl groups is 2. The van der Waals surface area contributed by atoms with Crippen LogP contribution in [0.1, 0.15) is 0 Å². The Morgan fingerprint density at radius 2 is 2.00 bits per heavy atom. The van der Waals surface area contributed by atoms with Crippen LogP contribution in [0.15, 0.2) is 0 Å². The van der Waals surface area contributed by atoms with Crippen molar-refractivity contribution in [3.05, 3.63) is 0 Å². The van der Waals surface area contributed by atoms with Crippen LogP contribution in [0.4, 0.5) is 0 Å². The van der Waals surface area contributed by atoms with Crippen molar-refractivity contribution in [2.45, 2.75) is 12.1 Å². The minimum absolute atomic E-state index is 0.00694. The SMILES string of the molecule is OCC(CO)NC1CNC1. The Hall–Kier alpha value is -0.160. The fourth-order valence-electron chi connectivity index (χ4n) is 0.903. The summed E-state index contributed by atoms with van der Waals surface area (Å²) < 4.78 is 0. The second kappa shape index (κ2) is 3.88. The molecule has 0 spiro atoms. The first-order valence-electron chi connectivity index (χ1n) is 3.55. The average molecular weight is 146 g/mol. The largest absolute Gasteiger partial charge is 0.395 e. The van der Waals surface area contributed by atoms with E-state index < -0.39 is 0 Å². The van der Waals surface area contributed by atoms with Gasteiger partial charge >= 0.3 is 0 Å². The molecule has 4 N–H and O–H groups in total. The van der Waals surface area contributed by atoms with Crippen molar-refractivity contribution in [2.24, 2.45) is 0 Å². The Balaban J connectivity index is 2.08. The average Bonchev–Trinajstić information content (AvgIpc) is 1.87. The molecule has 1 aliphatic rings. The molecule has 1 heterocycles. The first-order chi connectivity index (χ1) is 4.86. The van der Waals surface area contributed by atoms with Gasteiger partial charge in [-0.25, -0.2) is 0 Å². The molecule has 4 nitrogen and oxygen atoms in total. The number of hydrogen-bond donors (Lipinski definition) is 4. The standard InChI is InChI=1S/C6H14N2O2/c9-3-6(4-10)8-5-1-7-2-5/h5-10H,1-4H2. The highest BCUT2D eigenvalue weighted by molar-refractivity contribution is 4.84. The normalized spacial score (nSPS) is 19.5. The summed E-state index contributed by atoms with van der Waals surface area (Å²) in [6, 6.07) is 0.288. The van der Waals surface area contributed by atoms with Crippen LogP contribution in [-0.4, -0.2) is 48.6 Å². The van der Waals surface area contributed by atoms with Crippen molar-refractivity contribution in [3.63, 3.8) is 0 Å². The molecule has 1 fully saturated rings. The fraction of sp³-hybridized carbons (Fsp3) is 1.00. The molecule has 4 heteroatoms. The van der Waals surface area contributed by atoms with Gasteiger partial charge in [-0.2, -0.15) is 0 Å². The molecule has 0 radical (unpaired) electrons. The summed E-state index contributed by atoms with van der Waals surface area (Å²) >= 11 is 0. The summed E-state index contributed by atoms with van der Waals surface area (Å²) in [5.74, 6) is 0. The second-order valence-electron chi connectivity index (χ2n) is 2.58. The van der Waals surface area contributed by atoms with Crippen molar-refractivity contribution >= 4 is 0 Å². The predicted octanol–water partition coefficient (Wildman–Crippen LogP) is -2.10. The van der Waals surface area contributed by atoms with E-state index in [1.54, 1.807) is 0 Å². The molecule has 0 saturated carbocycles. The topological polar surface area (TPSA) is 64.5 Å². The third kappa shape index (κ3) is 1.91. The monoisotopic (exact) mass is 146 g/mol. The minimum atomic E-state index is -0.146. The molecule has 0 atom stereocenters. The number of nitrogens with one attached hydrogen (secondary N) is 2. The Morgan fingerprint density at radius 1 is 1.40 bits per heavy atom. The van der Waals surface area contributed by atoms with Gasteiger partial charge in [-0.05, 0) is 0 Å². The third-order valence-electron chi connectivity index (χ3n) is 1.69. The van der Waals surface area contributed by atoms with Crippen molar-refractivity contribution in [3.8, 4) is 0 Å². The Labute approximate surface area is 60.2 Å². The summed E-state index contributed by atoms with van der Waals surface area (Å²) in [4.78, 5) is 0. The van der Waals surface area contributed by atoms with Crippen LogP contribution in [0.5, 0.6) is 0 Å². The van der Waals surface area contributed by atoms with E-state index in [-0.39, 0.29) is 19.3 Å². The van der Waals surface area contributed by atoms with Crippen molar-refractivity contribution in [1.82, 2.24) is 10.6 Å². The molecule has 60 valence electrons. The molecule has 0 aromatic heterocycles. The lowest BCUT2D eigenvalue weighted by molar-refractivity contribution is 0.152. The summed E-state index contributed by atoms with van der Waals surface area (Å²) in [5, 5.41) is 23.5. The van der Waals surface area contributed by atoms with Crippen molar-refractivity contribution in [2.75, 3.05) is 26.3 Å². The van der Waals surface area contributed by atoms with Gasteiger partial charge in [0.25, 0.3) is 0 Å². The highest BCUT2D eigenvalue weighted by atomic mass is 16.3. The quantitative estimate of drug-likeness (QED) is 0.367. The minimum Gasteiger partial charge on any atom is -0.395 e. The Bertz CT molecular complexity index is 91.7. The van der Waals surface area contributed by atoms with Gasteiger partial charge < -0.3 is 20.8 Å². The molecule has 10 heavy (non-hydrogen) atoms. The molecule has 0 amide bonds. The number of hydrogen-bond acceptors (Lipinski definition) is 4. The maximum absolute atomic E-state index is 8.65. The van der Waals surface area contributed by atoms with E-state index in [4.69, 9.17) is 10.2 Å². The first kappa shape index (κ1) is 7.94. The molecule has 1 saturated heterocycles. The van der Waals surface area contributed by atoms with E-state index >= 15 is 0 Å². The van der Waals surface area contributed by atoms with Gasteiger partial charge in [0.1, 0.15) is 0 Å². The van der Waals surface area contributed by atoms with Gasteiger partial charge in [-0.15, -0.1) is 0 Å². The van der Waals surface area contributed by atoms with E-state index in [0.717, 1.165) is 13.1 Å². The van der Waals surface area contributed by atoms with Crippen LogP contribution in [0, 0.1) is 0 Å². The van der Waals surface area contributed by atoms with Crippen LogP contribution in [-0.2, 0) is 0 Å². The van der Waals surface area contributed by atoms with E-state index in [0.29, 0.717) is 6.04 Å². The molecule has 0 bridgehead atoms. The van der Waals surface area contributed by atoms with Crippen LogP contribution >= 0.6 is 0 Å². The highest BCUT2D eigenvalue weighted by Crippen LogP contribution is 1.92. The smallest absolute Gasteiger partial charge is 0.0607 e. The predicted molar refractivity (Wildman–Crippen MR) is 37.8 cm³/mol. The van der Waals surface area contributed by atoms with Crippen molar-refractivity contribution in [1.29, 1.82) is 0 Å². The Kier molecular flexibility index (Phi) is 3.08. The highest BCUT2D eigenvalue weighted by Gasteiger charge is 2.19. The van der Waals surface area contributed by atoms with Gasteiger partial charge in [0.2, 0.25) is 0 Å². The third-order valence-corrected chi connectivity index (χ3v) is 1.69. The Morgan fingerprint density at radius 3 is 2.30 bits per heavy atom. The van der Waals surface area contributed by atoms with Gasteiger partial charge in [-0.3, -0.25) is 0 Å². The van der Waals surface area contributed by atoms with E-state index in [1.807, 2.05) is 0 Å².